The summed E-state index contributed by atoms with van der Waals surface area (Å²) in [6, 6.07) is 0. The van der Waals surface area contributed by atoms with Crippen molar-refractivity contribution < 1.29 is 9.47 Å². The van der Waals surface area contributed by atoms with E-state index in [4.69, 9.17) is 15.2 Å². The Morgan fingerprint density at radius 2 is 1.59 bits per heavy atom. The Morgan fingerprint density at radius 3 is 2.29 bits per heavy atom. The Hall–Kier alpha value is -0.120. The van der Waals surface area contributed by atoms with Crippen LogP contribution >= 0.6 is 0 Å². The second-order valence-corrected chi connectivity index (χ2v) is 5.78. The maximum atomic E-state index is 6.38. The van der Waals surface area contributed by atoms with Crippen LogP contribution in [0, 0.1) is 5.92 Å². The third-order valence-electron chi connectivity index (χ3n) is 4.37. The predicted octanol–water partition coefficient (Wildman–Crippen LogP) is 2.48. The van der Waals surface area contributed by atoms with Gasteiger partial charge in [0.15, 0.2) is 0 Å². The molecule has 3 heteroatoms. The van der Waals surface area contributed by atoms with Crippen LogP contribution in [-0.4, -0.2) is 32.0 Å². The van der Waals surface area contributed by atoms with E-state index in [2.05, 4.69) is 0 Å². The number of hydrogen-bond acceptors (Lipinski definition) is 3. The average molecular weight is 241 g/mol. The lowest BCUT2D eigenvalue weighted by atomic mass is 9.85. The summed E-state index contributed by atoms with van der Waals surface area (Å²) in [4.78, 5) is 0. The summed E-state index contributed by atoms with van der Waals surface area (Å²) in [5.74, 6) is 0.909. The number of hydrogen-bond donors (Lipinski definition) is 1. The summed E-state index contributed by atoms with van der Waals surface area (Å²) in [7, 11) is 0. The lowest BCUT2D eigenvalue weighted by molar-refractivity contribution is 0.0478. The van der Waals surface area contributed by atoms with Crippen LogP contribution in [0.5, 0.6) is 0 Å². The quantitative estimate of drug-likeness (QED) is 0.752. The Balaban J connectivity index is 1.55. The second-order valence-electron chi connectivity index (χ2n) is 5.78. The molecule has 0 saturated carbocycles. The molecule has 0 aliphatic carbocycles. The molecule has 0 unspecified atom stereocenters. The average Bonchev–Trinajstić information content (AvgIpc) is 2.37. The SMILES string of the molecule is NC1(CCCCC2CCOCC2)CCOCC1. The molecule has 0 bridgehead atoms. The summed E-state index contributed by atoms with van der Waals surface area (Å²) >= 11 is 0. The molecule has 17 heavy (non-hydrogen) atoms. The molecule has 2 fully saturated rings. The van der Waals surface area contributed by atoms with E-state index in [0.717, 1.165) is 45.2 Å². The minimum absolute atomic E-state index is 0.0773. The topological polar surface area (TPSA) is 44.5 Å². The van der Waals surface area contributed by atoms with Gasteiger partial charge in [0.05, 0.1) is 0 Å². The van der Waals surface area contributed by atoms with E-state index in [1.165, 1.54) is 38.5 Å². The van der Waals surface area contributed by atoms with Crippen molar-refractivity contribution in [2.24, 2.45) is 11.7 Å². The zero-order valence-electron chi connectivity index (χ0n) is 11.0. The number of ether oxygens (including phenoxy) is 2. The molecular formula is C14H27NO2. The summed E-state index contributed by atoms with van der Waals surface area (Å²) in [5, 5.41) is 0. The fraction of sp³-hybridized carbons (Fsp3) is 1.00. The van der Waals surface area contributed by atoms with E-state index in [1.807, 2.05) is 0 Å². The maximum absolute atomic E-state index is 6.38. The smallest absolute Gasteiger partial charge is 0.0483 e. The summed E-state index contributed by atoms with van der Waals surface area (Å²) in [6.45, 7) is 3.67. The van der Waals surface area contributed by atoms with Crippen LogP contribution in [-0.2, 0) is 9.47 Å². The fourth-order valence-electron chi connectivity index (χ4n) is 2.97. The van der Waals surface area contributed by atoms with Crippen LogP contribution in [0.1, 0.15) is 51.4 Å². The van der Waals surface area contributed by atoms with Gasteiger partial charge in [-0.1, -0.05) is 19.3 Å². The van der Waals surface area contributed by atoms with Gasteiger partial charge in [-0.15, -0.1) is 0 Å². The van der Waals surface area contributed by atoms with Crippen molar-refractivity contribution in [3.63, 3.8) is 0 Å². The van der Waals surface area contributed by atoms with E-state index in [0.29, 0.717) is 0 Å². The fourth-order valence-corrected chi connectivity index (χ4v) is 2.97. The van der Waals surface area contributed by atoms with Crippen molar-refractivity contribution in [1.82, 2.24) is 0 Å². The van der Waals surface area contributed by atoms with Crippen LogP contribution in [0.15, 0.2) is 0 Å². The molecule has 0 aromatic rings. The molecule has 0 atom stereocenters. The molecule has 2 rings (SSSR count). The van der Waals surface area contributed by atoms with Crippen LogP contribution in [0.2, 0.25) is 0 Å². The van der Waals surface area contributed by atoms with Gasteiger partial charge in [0.25, 0.3) is 0 Å². The molecule has 100 valence electrons. The molecule has 0 radical (unpaired) electrons. The molecular weight excluding hydrogens is 214 g/mol. The molecule has 2 heterocycles. The molecule has 2 N–H and O–H groups in total. The van der Waals surface area contributed by atoms with Crippen LogP contribution in [0.3, 0.4) is 0 Å². The maximum Gasteiger partial charge on any atom is 0.0483 e. The largest absolute Gasteiger partial charge is 0.381 e. The third kappa shape index (κ3) is 4.57. The molecule has 0 spiro atoms. The van der Waals surface area contributed by atoms with Crippen LogP contribution in [0.4, 0.5) is 0 Å². The zero-order valence-corrected chi connectivity index (χ0v) is 11.0. The van der Waals surface area contributed by atoms with Crippen molar-refractivity contribution in [1.29, 1.82) is 0 Å². The van der Waals surface area contributed by atoms with Crippen molar-refractivity contribution in [2.75, 3.05) is 26.4 Å². The summed E-state index contributed by atoms with van der Waals surface area (Å²) in [6.07, 6.45) is 9.80. The molecule has 3 nitrogen and oxygen atoms in total. The van der Waals surface area contributed by atoms with E-state index in [-0.39, 0.29) is 5.54 Å². The summed E-state index contributed by atoms with van der Waals surface area (Å²) in [5.41, 5.74) is 6.46. The molecule has 2 aliphatic heterocycles. The van der Waals surface area contributed by atoms with E-state index < -0.39 is 0 Å². The Bertz CT molecular complexity index is 208. The monoisotopic (exact) mass is 241 g/mol. The highest BCUT2D eigenvalue weighted by atomic mass is 16.5. The highest BCUT2D eigenvalue weighted by Crippen LogP contribution is 2.26. The van der Waals surface area contributed by atoms with Crippen molar-refractivity contribution >= 4 is 0 Å². The van der Waals surface area contributed by atoms with Gasteiger partial charge in [0.2, 0.25) is 0 Å². The Morgan fingerprint density at radius 1 is 0.941 bits per heavy atom. The molecule has 0 amide bonds. The molecule has 0 aromatic heterocycles. The number of nitrogens with two attached hydrogens (primary N) is 1. The standard InChI is InChI=1S/C14H27NO2/c15-14(7-11-17-12-8-14)6-2-1-3-13-4-9-16-10-5-13/h13H,1-12,15H2. The van der Waals surface area contributed by atoms with Gasteiger partial charge in [-0.2, -0.15) is 0 Å². The minimum atomic E-state index is 0.0773. The van der Waals surface area contributed by atoms with E-state index in [1.54, 1.807) is 0 Å². The number of rotatable bonds is 5. The Kier molecular flexibility index (Phi) is 5.26. The lowest BCUT2D eigenvalue weighted by Crippen LogP contribution is -2.44. The van der Waals surface area contributed by atoms with Gasteiger partial charge >= 0.3 is 0 Å². The van der Waals surface area contributed by atoms with Crippen LogP contribution in [0.25, 0.3) is 0 Å². The van der Waals surface area contributed by atoms with Crippen LogP contribution < -0.4 is 5.73 Å². The number of unbranched alkanes of at least 4 members (excludes halogenated alkanes) is 1. The second kappa shape index (κ2) is 6.72. The molecule has 0 aromatic carbocycles. The van der Waals surface area contributed by atoms with E-state index in [9.17, 15) is 0 Å². The van der Waals surface area contributed by atoms with Crippen molar-refractivity contribution in [3.8, 4) is 0 Å². The van der Waals surface area contributed by atoms with Gasteiger partial charge in [0.1, 0.15) is 0 Å². The van der Waals surface area contributed by atoms with Gasteiger partial charge in [-0.25, -0.2) is 0 Å². The minimum Gasteiger partial charge on any atom is -0.381 e. The lowest BCUT2D eigenvalue weighted by Gasteiger charge is -2.33. The first-order valence-electron chi connectivity index (χ1n) is 7.23. The van der Waals surface area contributed by atoms with Crippen molar-refractivity contribution in [2.45, 2.75) is 56.9 Å². The van der Waals surface area contributed by atoms with Gasteiger partial charge in [-0.3, -0.25) is 0 Å². The van der Waals surface area contributed by atoms with Crippen molar-refractivity contribution in [3.05, 3.63) is 0 Å². The highest BCUT2D eigenvalue weighted by Gasteiger charge is 2.27. The van der Waals surface area contributed by atoms with Gasteiger partial charge in [0, 0.05) is 32.0 Å². The summed E-state index contributed by atoms with van der Waals surface area (Å²) < 4.78 is 10.8. The zero-order chi connectivity index (χ0) is 12.0. The van der Waals surface area contributed by atoms with E-state index >= 15 is 0 Å². The third-order valence-corrected chi connectivity index (χ3v) is 4.37. The molecule has 2 aliphatic rings. The first kappa shape index (κ1) is 13.3. The Labute approximate surface area is 105 Å². The van der Waals surface area contributed by atoms with Gasteiger partial charge in [-0.05, 0) is 38.0 Å². The molecule has 2 saturated heterocycles. The van der Waals surface area contributed by atoms with Gasteiger partial charge < -0.3 is 15.2 Å². The highest BCUT2D eigenvalue weighted by molar-refractivity contribution is 4.86. The first-order valence-corrected chi connectivity index (χ1v) is 7.23. The first-order chi connectivity index (χ1) is 8.29. The predicted molar refractivity (Wildman–Crippen MR) is 69.0 cm³/mol. The normalized spacial score (nSPS) is 25.9.